The first-order valence-corrected chi connectivity index (χ1v) is 8.69. The normalized spacial score (nSPS) is 14.6. The lowest BCUT2D eigenvalue weighted by Gasteiger charge is -2.16. The molecule has 8 nitrogen and oxygen atoms in total. The van der Waals surface area contributed by atoms with E-state index in [-0.39, 0.29) is 30.9 Å². The molecular formula is C19H19N5O3. The maximum absolute atomic E-state index is 13.2. The zero-order valence-electron chi connectivity index (χ0n) is 15.3. The van der Waals surface area contributed by atoms with E-state index in [9.17, 15) is 9.59 Å². The van der Waals surface area contributed by atoms with E-state index in [0.29, 0.717) is 28.1 Å². The molecule has 0 saturated carbocycles. The zero-order chi connectivity index (χ0) is 19.1. The van der Waals surface area contributed by atoms with Crippen LogP contribution in [0.2, 0.25) is 0 Å². The second kappa shape index (κ2) is 6.46. The van der Waals surface area contributed by atoms with Gasteiger partial charge in [-0.25, -0.2) is 4.98 Å². The number of aromatic nitrogens is 3. The Hall–Kier alpha value is -3.29. The van der Waals surface area contributed by atoms with Crippen LogP contribution in [-0.2, 0) is 4.79 Å². The summed E-state index contributed by atoms with van der Waals surface area (Å²) in [6.07, 6.45) is 3.35. The fourth-order valence-corrected chi connectivity index (χ4v) is 3.17. The first-order valence-electron chi connectivity index (χ1n) is 8.69. The lowest BCUT2D eigenvalue weighted by atomic mass is 10.0. The van der Waals surface area contributed by atoms with Crippen LogP contribution >= 0.6 is 0 Å². The quantitative estimate of drug-likeness (QED) is 0.707. The van der Waals surface area contributed by atoms with E-state index in [4.69, 9.17) is 4.52 Å². The molecule has 2 amide bonds. The molecule has 1 aliphatic heterocycles. The maximum Gasteiger partial charge on any atom is 0.259 e. The lowest BCUT2D eigenvalue weighted by molar-refractivity contribution is -0.125. The highest BCUT2D eigenvalue weighted by atomic mass is 16.5. The van der Waals surface area contributed by atoms with Crippen molar-refractivity contribution >= 4 is 22.9 Å². The monoisotopic (exact) mass is 365 g/mol. The van der Waals surface area contributed by atoms with E-state index in [2.05, 4.69) is 15.1 Å². The number of hydrogen-bond donors (Lipinski definition) is 0. The number of pyridine rings is 2. The van der Waals surface area contributed by atoms with Crippen molar-refractivity contribution in [2.75, 3.05) is 20.3 Å². The molecule has 3 aromatic heterocycles. The minimum atomic E-state index is -0.240. The molecule has 138 valence electrons. The second-order valence-electron chi connectivity index (χ2n) is 6.94. The summed E-state index contributed by atoms with van der Waals surface area (Å²) in [5.41, 5.74) is 2.77. The van der Waals surface area contributed by atoms with Gasteiger partial charge in [0.1, 0.15) is 6.54 Å². The van der Waals surface area contributed by atoms with Gasteiger partial charge in [0.15, 0.2) is 0 Å². The largest absolute Gasteiger partial charge is 0.335 e. The number of hydrogen-bond acceptors (Lipinski definition) is 6. The van der Waals surface area contributed by atoms with Crippen molar-refractivity contribution in [3.05, 3.63) is 41.9 Å². The van der Waals surface area contributed by atoms with Gasteiger partial charge < -0.3 is 14.3 Å². The molecule has 0 radical (unpaired) electrons. The Morgan fingerprint density at radius 2 is 2.15 bits per heavy atom. The second-order valence-corrected chi connectivity index (χ2v) is 6.94. The highest BCUT2D eigenvalue weighted by molar-refractivity contribution is 6.08. The summed E-state index contributed by atoms with van der Waals surface area (Å²) in [5.74, 6) is -0.266. The van der Waals surface area contributed by atoms with Gasteiger partial charge in [-0.3, -0.25) is 14.6 Å². The number of likely N-dealkylation sites (N-methyl/N-ethyl adjacent to an activating group) is 1. The minimum absolute atomic E-state index is 0.0592. The van der Waals surface area contributed by atoms with Crippen LogP contribution in [0.5, 0.6) is 0 Å². The summed E-state index contributed by atoms with van der Waals surface area (Å²) < 4.78 is 5.44. The molecule has 1 aliphatic rings. The summed E-state index contributed by atoms with van der Waals surface area (Å²) in [4.78, 5) is 36.8. The molecule has 0 aromatic carbocycles. The maximum atomic E-state index is 13.2. The fraction of sp³-hybridized carbons (Fsp3) is 0.316. The summed E-state index contributed by atoms with van der Waals surface area (Å²) in [6.45, 7) is 4.27. The molecule has 0 bridgehead atoms. The van der Waals surface area contributed by atoms with Crippen molar-refractivity contribution in [1.82, 2.24) is 24.9 Å². The van der Waals surface area contributed by atoms with Gasteiger partial charge >= 0.3 is 0 Å². The third kappa shape index (κ3) is 2.92. The lowest BCUT2D eigenvalue weighted by Crippen LogP contribution is -2.30. The smallest absolute Gasteiger partial charge is 0.259 e. The molecule has 27 heavy (non-hydrogen) atoms. The Balaban J connectivity index is 1.89. The van der Waals surface area contributed by atoms with Crippen LogP contribution in [0.4, 0.5) is 0 Å². The summed E-state index contributed by atoms with van der Waals surface area (Å²) in [7, 11) is 1.68. The van der Waals surface area contributed by atoms with E-state index in [0.717, 1.165) is 5.56 Å². The van der Waals surface area contributed by atoms with E-state index in [1.165, 1.54) is 9.80 Å². The average Bonchev–Trinajstić information content (AvgIpc) is 3.24. The van der Waals surface area contributed by atoms with Crippen LogP contribution in [0.25, 0.3) is 22.4 Å². The average molecular weight is 365 g/mol. The van der Waals surface area contributed by atoms with Crippen LogP contribution in [0, 0.1) is 0 Å². The molecule has 4 heterocycles. The van der Waals surface area contributed by atoms with Gasteiger partial charge in [0.2, 0.25) is 5.91 Å². The fourth-order valence-electron chi connectivity index (χ4n) is 3.17. The van der Waals surface area contributed by atoms with Gasteiger partial charge in [0.25, 0.3) is 11.6 Å². The Bertz CT molecular complexity index is 1030. The molecular weight excluding hydrogens is 346 g/mol. The van der Waals surface area contributed by atoms with Crippen LogP contribution in [0.1, 0.15) is 35.8 Å². The van der Waals surface area contributed by atoms with Crippen molar-refractivity contribution in [2.45, 2.75) is 19.8 Å². The number of rotatable bonds is 3. The Morgan fingerprint density at radius 3 is 2.78 bits per heavy atom. The minimum Gasteiger partial charge on any atom is -0.335 e. The first kappa shape index (κ1) is 17.1. The molecule has 4 rings (SSSR count). The van der Waals surface area contributed by atoms with Crippen molar-refractivity contribution in [1.29, 1.82) is 0 Å². The van der Waals surface area contributed by atoms with Gasteiger partial charge in [0.05, 0.1) is 29.0 Å². The third-order valence-corrected chi connectivity index (χ3v) is 4.63. The van der Waals surface area contributed by atoms with Crippen molar-refractivity contribution in [3.8, 4) is 11.3 Å². The van der Waals surface area contributed by atoms with Gasteiger partial charge in [-0.15, -0.1) is 0 Å². The van der Waals surface area contributed by atoms with E-state index in [1.807, 2.05) is 19.9 Å². The van der Waals surface area contributed by atoms with Crippen molar-refractivity contribution in [2.24, 2.45) is 0 Å². The van der Waals surface area contributed by atoms with E-state index in [1.54, 1.807) is 31.6 Å². The number of nitrogens with zero attached hydrogens (tertiary/aromatic N) is 5. The number of carbonyl (C=O) groups is 2. The molecule has 8 heteroatoms. The molecule has 0 aliphatic carbocycles. The highest BCUT2D eigenvalue weighted by Crippen LogP contribution is 2.31. The van der Waals surface area contributed by atoms with Crippen LogP contribution < -0.4 is 0 Å². The van der Waals surface area contributed by atoms with Gasteiger partial charge in [-0.1, -0.05) is 19.0 Å². The molecule has 3 aromatic rings. The summed E-state index contributed by atoms with van der Waals surface area (Å²) in [5, 5.41) is 4.73. The predicted molar refractivity (Wildman–Crippen MR) is 97.8 cm³/mol. The van der Waals surface area contributed by atoms with Crippen LogP contribution in [0.3, 0.4) is 0 Å². The third-order valence-electron chi connectivity index (χ3n) is 4.63. The highest BCUT2D eigenvalue weighted by Gasteiger charge is 2.32. The molecule has 1 fully saturated rings. The Labute approximate surface area is 155 Å². The molecule has 0 N–H and O–H groups in total. The first-order chi connectivity index (χ1) is 13.0. The zero-order valence-corrected chi connectivity index (χ0v) is 15.3. The Morgan fingerprint density at radius 1 is 1.33 bits per heavy atom. The van der Waals surface area contributed by atoms with Gasteiger partial charge in [-0.2, -0.15) is 0 Å². The van der Waals surface area contributed by atoms with E-state index >= 15 is 0 Å². The number of amides is 2. The van der Waals surface area contributed by atoms with Gasteiger partial charge in [0, 0.05) is 25.0 Å². The van der Waals surface area contributed by atoms with Gasteiger partial charge in [-0.05, 0) is 24.1 Å². The topological polar surface area (TPSA) is 92.4 Å². The standard InChI is InChI=1S/C19H19N5O3/c1-11(2)17-16-13(19(26)24-9-15(25)23(3)10-24)7-14(21-18(16)27-22-17)12-5-4-6-20-8-12/h4-8,11H,9-10H2,1-3H3. The number of carbonyl (C=O) groups excluding carboxylic acids is 2. The number of fused-ring (bicyclic) bond motifs is 1. The van der Waals surface area contributed by atoms with E-state index < -0.39 is 0 Å². The SMILES string of the molecule is CC(C)c1noc2nc(-c3cccnc3)cc(C(=O)N3CC(=O)N(C)C3)c12. The van der Waals surface area contributed by atoms with Crippen molar-refractivity contribution in [3.63, 3.8) is 0 Å². The molecule has 1 saturated heterocycles. The van der Waals surface area contributed by atoms with Crippen LogP contribution in [0.15, 0.2) is 35.1 Å². The Kier molecular flexibility index (Phi) is 4.10. The van der Waals surface area contributed by atoms with Crippen LogP contribution in [-0.4, -0.2) is 57.0 Å². The predicted octanol–water partition coefficient (Wildman–Crippen LogP) is 2.28. The summed E-state index contributed by atoms with van der Waals surface area (Å²) >= 11 is 0. The van der Waals surface area contributed by atoms with Crippen molar-refractivity contribution < 1.29 is 14.1 Å². The summed E-state index contributed by atoms with van der Waals surface area (Å²) in [6, 6.07) is 5.40. The molecule has 0 spiro atoms. The molecule has 0 atom stereocenters. The molecule has 0 unspecified atom stereocenters.